The average molecular weight is 291 g/mol. The summed E-state index contributed by atoms with van der Waals surface area (Å²) in [5, 5.41) is 2.98. The van der Waals surface area contributed by atoms with Gasteiger partial charge in [0.25, 0.3) is 0 Å². The summed E-state index contributed by atoms with van der Waals surface area (Å²) in [5.41, 5.74) is 1.16. The van der Waals surface area contributed by atoms with Crippen LogP contribution in [0.15, 0.2) is 18.2 Å². The summed E-state index contributed by atoms with van der Waals surface area (Å²) < 4.78 is 10.6. The number of hydrogen-bond donors (Lipinski definition) is 1. The van der Waals surface area contributed by atoms with Crippen molar-refractivity contribution in [2.75, 3.05) is 13.3 Å². The number of rotatable bonds is 9. The van der Waals surface area contributed by atoms with Gasteiger partial charge in [-0.1, -0.05) is 38.7 Å². The van der Waals surface area contributed by atoms with Crippen LogP contribution in [0.4, 0.5) is 0 Å². The Morgan fingerprint density at radius 1 is 1.14 bits per heavy atom. The number of nitrogens with one attached hydrogen (secondary N) is 1. The Balaban J connectivity index is 1.59. The smallest absolute Gasteiger partial charge is 0.231 e. The highest BCUT2D eigenvalue weighted by molar-refractivity contribution is 5.75. The molecular formula is C17H25NO3. The minimum atomic E-state index is 0.159. The van der Waals surface area contributed by atoms with E-state index in [9.17, 15) is 4.79 Å². The van der Waals surface area contributed by atoms with Gasteiger partial charge in [0.2, 0.25) is 12.7 Å². The molecule has 0 radical (unpaired) electrons. The van der Waals surface area contributed by atoms with Crippen molar-refractivity contribution in [3.05, 3.63) is 23.8 Å². The Morgan fingerprint density at radius 2 is 1.95 bits per heavy atom. The van der Waals surface area contributed by atoms with Gasteiger partial charge in [-0.2, -0.15) is 0 Å². The van der Waals surface area contributed by atoms with Crippen molar-refractivity contribution >= 4 is 5.91 Å². The lowest BCUT2D eigenvalue weighted by Crippen LogP contribution is -2.25. The summed E-state index contributed by atoms with van der Waals surface area (Å²) in [6, 6.07) is 5.93. The molecule has 0 bridgehead atoms. The fraction of sp³-hybridized carbons (Fsp3) is 0.588. The topological polar surface area (TPSA) is 47.6 Å². The first kappa shape index (κ1) is 15.7. The molecule has 0 fully saturated rings. The highest BCUT2D eigenvalue weighted by Gasteiger charge is 2.12. The molecule has 0 saturated heterocycles. The number of fused-ring (bicyclic) bond motifs is 1. The molecule has 1 amide bonds. The second-order valence-electron chi connectivity index (χ2n) is 5.45. The molecule has 1 aliphatic rings. The van der Waals surface area contributed by atoms with Crippen molar-refractivity contribution in [1.29, 1.82) is 0 Å². The van der Waals surface area contributed by atoms with Crippen molar-refractivity contribution in [3.63, 3.8) is 0 Å². The van der Waals surface area contributed by atoms with Crippen LogP contribution in [0, 0.1) is 0 Å². The predicted octanol–water partition coefficient (Wildman–Crippen LogP) is 3.43. The first-order valence-electron chi connectivity index (χ1n) is 7.95. The van der Waals surface area contributed by atoms with Crippen molar-refractivity contribution in [2.24, 2.45) is 0 Å². The maximum Gasteiger partial charge on any atom is 0.231 e. The van der Waals surface area contributed by atoms with Gasteiger partial charge in [-0.25, -0.2) is 0 Å². The third-order valence-corrected chi connectivity index (χ3v) is 3.68. The van der Waals surface area contributed by atoms with E-state index in [1.165, 1.54) is 19.3 Å². The van der Waals surface area contributed by atoms with Crippen LogP contribution in [0.3, 0.4) is 0 Å². The lowest BCUT2D eigenvalue weighted by molar-refractivity contribution is -0.121. The monoisotopic (exact) mass is 291 g/mol. The second-order valence-corrected chi connectivity index (χ2v) is 5.45. The van der Waals surface area contributed by atoms with Gasteiger partial charge in [0.1, 0.15) is 0 Å². The van der Waals surface area contributed by atoms with E-state index >= 15 is 0 Å². The highest BCUT2D eigenvalue weighted by atomic mass is 16.7. The van der Waals surface area contributed by atoms with E-state index < -0.39 is 0 Å². The van der Waals surface area contributed by atoms with Crippen LogP contribution in [-0.4, -0.2) is 19.2 Å². The summed E-state index contributed by atoms with van der Waals surface area (Å²) in [4.78, 5) is 11.7. The van der Waals surface area contributed by atoms with Crippen LogP contribution < -0.4 is 14.8 Å². The van der Waals surface area contributed by atoms with Crippen molar-refractivity contribution in [3.8, 4) is 11.5 Å². The number of carbonyl (C=O) groups excluding carboxylic acids is 1. The van der Waals surface area contributed by atoms with Crippen LogP contribution in [0.2, 0.25) is 0 Å². The van der Waals surface area contributed by atoms with Gasteiger partial charge in [-0.3, -0.25) is 4.79 Å². The standard InChI is InChI=1S/C17H25NO3/c1-2-3-4-5-6-7-17(19)18-11-10-14-8-9-15-16(12-14)21-13-20-15/h8-9,12H,2-7,10-11,13H2,1H3,(H,18,19). The molecule has 116 valence electrons. The summed E-state index contributed by atoms with van der Waals surface area (Å²) in [5.74, 6) is 1.76. The lowest BCUT2D eigenvalue weighted by Gasteiger charge is -2.06. The molecular weight excluding hydrogens is 266 g/mol. The van der Waals surface area contributed by atoms with Crippen LogP contribution in [-0.2, 0) is 11.2 Å². The third-order valence-electron chi connectivity index (χ3n) is 3.68. The molecule has 4 nitrogen and oxygen atoms in total. The van der Waals surface area contributed by atoms with Crippen molar-refractivity contribution in [1.82, 2.24) is 5.32 Å². The quantitative estimate of drug-likeness (QED) is 0.709. The molecule has 0 saturated carbocycles. The van der Waals surface area contributed by atoms with Crippen LogP contribution in [0.25, 0.3) is 0 Å². The van der Waals surface area contributed by atoms with Crippen molar-refractivity contribution in [2.45, 2.75) is 51.9 Å². The zero-order chi connectivity index (χ0) is 14.9. The molecule has 0 atom stereocenters. The van der Waals surface area contributed by atoms with E-state index in [-0.39, 0.29) is 5.91 Å². The summed E-state index contributed by atoms with van der Waals surface area (Å²) in [7, 11) is 0. The number of ether oxygens (including phenoxy) is 2. The molecule has 0 unspecified atom stereocenters. The largest absolute Gasteiger partial charge is 0.454 e. The molecule has 1 heterocycles. The SMILES string of the molecule is CCCCCCCC(=O)NCCc1ccc2c(c1)OCO2. The van der Waals surface area contributed by atoms with Gasteiger partial charge < -0.3 is 14.8 Å². The summed E-state index contributed by atoms with van der Waals surface area (Å²) >= 11 is 0. The maximum atomic E-state index is 11.7. The Kier molecular flexibility index (Phi) is 6.38. The van der Waals surface area contributed by atoms with Gasteiger partial charge >= 0.3 is 0 Å². The van der Waals surface area contributed by atoms with Crippen LogP contribution in [0.5, 0.6) is 11.5 Å². The molecule has 0 aromatic heterocycles. The molecule has 1 aromatic carbocycles. The van der Waals surface area contributed by atoms with E-state index in [1.54, 1.807) is 0 Å². The first-order valence-corrected chi connectivity index (χ1v) is 7.95. The number of amides is 1. The van der Waals surface area contributed by atoms with Crippen LogP contribution in [0.1, 0.15) is 51.0 Å². The lowest BCUT2D eigenvalue weighted by atomic mass is 10.1. The molecule has 1 aliphatic heterocycles. The predicted molar refractivity (Wildman–Crippen MR) is 82.7 cm³/mol. The molecule has 4 heteroatoms. The van der Waals surface area contributed by atoms with E-state index in [0.717, 1.165) is 36.3 Å². The Bertz CT molecular complexity index is 459. The van der Waals surface area contributed by atoms with Gasteiger partial charge in [0.05, 0.1) is 0 Å². The van der Waals surface area contributed by atoms with E-state index in [0.29, 0.717) is 19.8 Å². The van der Waals surface area contributed by atoms with Crippen molar-refractivity contribution < 1.29 is 14.3 Å². The zero-order valence-electron chi connectivity index (χ0n) is 12.8. The summed E-state index contributed by atoms with van der Waals surface area (Å²) in [6.45, 7) is 3.17. The minimum Gasteiger partial charge on any atom is -0.454 e. The summed E-state index contributed by atoms with van der Waals surface area (Å²) in [6.07, 6.45) is 7.36. The fourth-order valence-corrected chi connectivity index (χ4v) is 2.42. The number of hydrogen-bond acceptors (Lipinski definition) is 3. The van der Waals surface area contributed by atoms with Gasteiger partial charge in [-0.05, 0) is 30.5 Å². The Labute approximate surface area is 126 Å². The van der Waals surface area contributed by atoms with Crippen LogP contribution >= 0.6 is 0 Å². The first-order chi connectivity index (χ1) is 10.3. The fourth-order valence-electron chi connectivity index (χ4n) is 2.42. The normalized spacial score (nSPS) is 12.4. The Hall–Kier alpha value is -1.71. The van der Waals surface area contributed by atoms with E-state index in [2.05, 4.69) is 12.2 Å². The number of unbranched alkanes of at least 4 members (excludes halogenated alkanes) is 4. The third kappa shape index (κ3) is 5.29. The van der Waals surface area contributed by atoms with Gasteiger partial charge in [0, 0.05) is 13.0 Å². The van der Waals surface area contributed by atoms with Gasteiger partial charge in [0.15, 0.2) is 11.5 Å². The Morgan fingerprint density at radius 3 is 2.81 bits per heavy atom. The maximum absolute atomic E-state index is 11.7. The molecule has 0 aliphatic carbocycles. The second kappa shape index (κ2) is 8.55. The number of benzene rings is 1. The number of carbonyl (C=O) groups is 1. The molecule has 1 N–H and O–H groups in total. The molecule has 2 rings (SSSR count). The molecule has 21 heavy (non-hydrogen) atoms. The molecule has 1 aromatic rings. The van der Waals surface area contributed by atoms with E-state index in [4.69, 9.17) is 9.47 Å². The highest BCUT2D eigenvalue weighted by Crippen LogP contribution is 2.32. The zero-order valence-corrected chi connectivity index (χ0v) is 12.8. The van der Waals surface area contributed by atoms with Gasteiger partial charge in [-0.15, -0.1) is 0 Å². The van der Waals surface area contributed by atoms with E-state index in [1.807, 2.05) is 18.2 Å². The average Bonchev–Trinajstić information content (AvgIpc) is 2.94. The molecule has 0 spiro atoms. The minimum absolute atomic E-state index is 0.159.